The monoisotopic (exact) mass is 389 g/mol. The molecule has 5 nitrogen and oxygen atoms in total. The molecule has 2 unspecified atom stereocenters. The Morgan fingerprint density at radius 2 is 1.79 bits per heavy atom. The fraction of sp³-hybridized carbons (Fsp3) is 0.381. The first-order valence-electron chi connectivity index (χ1n) is 9.21. The molecule has 0 radical (unpaired) electrons. The zero-order chi connectivity index (χ0) is 19.7. The van der Waals surface area contributed by atoms with Gasteiger partial charge in [0.1, 0.15) is 6.61 Å². The highest BCUT2D eigenvalue weighted by Gasteiger charge is 2.49. The number of hydrogen-bond acceptors (Lipinski definition) is 4. The molecule has 2 aliphatic heterocycles. The van der Waals surface area contributed by atoms with Gasteiger partial charge in [0.15, 0.2) is 11.6 Å². The topological polar surface area (TPSA) is 59.0 Å². The number of carbonyl (C=O) groups is 1. The van der Waals surface area contributed by atoms with Crippen molar-refractivity contribution in [1.29, 1.82) is 0 Å². The minimum absolute atomic E-state index is 0.157. The highest BCUT2D eigenvalue weighted by atomic mass is 19.2. The molecule has 1 amide bonds. The maximum Gasteiger partial charge on any atom is 0.410 e. The van der Waals surface area contributed by atoms with E-state index in [9.17, 15) is 18.7 Å². The average molecular weight is 389 g/mol. The summed E-state index contributed by atoms with van der Waals surface area (Å²) in [6.07, 6.45) is -0.140. The minimum atomic E-state index is -1.36. The van der Waals surface area contributed by atoms with Crippen molar-refractivity contribution < 1.29 is 28.2 Å². The summed E-state index contributed by atoms with van der Waals surface area (Å²) in [4.78, 5) is 14.3. The summed E-state index contributed by atoms with van der Waals surface area (Å²) in [6, 6.07) is 12.0. The van der Waals surface area contributed by atoms with Crippen LogP contribution in [0.25, 0.3) is 0 Å². The van der Waals surface area contributed by atoms with E-state index in [-0.39, 0.29) is 32.7 Å². The van der Waals surface area contributed by atoms with Crippen molar-refractivity contribution in [2.75, 3.05) is 13.2 Å². The molecule has 0 aliphatic carbocycles. The van der Waals surface area contributed by atoms with Crippen molar-refractivity contribution in [3.8, 4) is 0 Å². The Balaban J connectivity index is 1.50. The first-order valence-corrected chi connectivity index (χ1v) is 9.21. The van der Waals surface area contributed by atoms with Gasteiger partial charge in [-0.3, -0.25) is 4.90 Å². The van der Waals surface area contributed by atoms with Crippen LogP contribution in [-0.2, 0) is 21.7 Å². The summed E-state index contributed by atoms with van der Waals surface area (Å²) in [5, 5.41) is 11.1. The molecule has 2 heterocycles. The first-order chi connectivity index (χ1) is 13.5. The largest absolute Gasteiger partial charge is 0.445 e. The second-order valence-electron chi connectivity index (χ2n) is 7.36. The van der Waals surface area contributed by atoms with Crippen molar-refractivity contribution >= 4 is 6.09 Å². The minimum Gasteiger partial charge on any atom is -0.445 e. The highest BCUT2D eigenvalue weighted by molar-refractivity contribution is 5.69. The van der Waals surface area contributed by atoms with Crippen molar-refractivity contribution in [3.63, 3.8) is 0 Å². The van der Waals surface area contributed by atoms with E-state index in [1.54, 1.807) is 4.90 Å². The average Bonchev–Trinajstić information content (AvgIpc) is 2.68. The van der Waals surface area contributed by atoms with Gasteiger partial charge in [0.2, 0.25) is 0 Å². The van der Waals surface area contributed by atoms with Crippen LogP contribution in [0.2, 0.25) is 0 Å². The van der Waals surface area contributed by atoms with Crippen LogP contribution in [0.3, 0.4) is 0 Å². The number of halogens is 2. The normalized spacial score (nSPS) is 26.8. The van der Waals surface area contributed by atoms with Crippen molar-refractivity contribution in [2.24, 2.45) is 0 Å². The van der Waals surface area contributed by atoms with Gasteiger partial charge in [0, 0.05) is 12.8 Å². The van der Waals surface area contributed by atoms with Gasteiger partial charge in [-0.15, -0.1) is 0 Å². The SMILES string of the molecule is O=C(OCc1ccccc1)N1C2COCC1CC(O)(c1ccc(F)c(F)c1)C2. The van der Waals surface area contributed by atoms with E-state index >= 15 is 0 Å². The zero-order valence-corrected chi connectivity index (χ0v) is 15.2. The Kier molecular flexibility index (Phi) is 5.03. The zero-order valence-electron chi connectivity index (χ0n) is 15.2. The molecule has 0 spiro atoms. The smallest absolute Gasteiger partial charge is 0.410 e. The van der Waals surface area contributed by atoms with E-state index in [2.05, 4.69) is 0 Å². The van der Waals surface area contributed by atoms with Gasteiger partial charge in [-0.05, 0) is 23.3 Å². The lowest BCUT2D eigenvalue weighted by Gasteiger charge is -2.51. The molecule has 7 heteroatoms. The number of hydrogen-bond donors (Lipinski definition) is 1. The number of morpholine rings is 1. The molecule has 2 aromatic rings. The third-order valence-corrected chi connectivity index (χ3v) is 5.43. The second kappa shape index (κ2) is 7.48. The molecule has 2 bridgehead atoms. The standard InChI is InChI=1S/C21H21F2NO4/c22-18-7-6-15(8-19(18)23)21(26)9-16-12-27-13-17(10-21)24(16)20(25)28-11-14-4-2-1-3-5-14/h1-8,16-17,26H,9-13H2. The fourth-order valence-corrected chi connectivity index (χ4v) is 4.09. The Morgan fingerprint density at radius 3 is 2.43 bits per heavy atom. The number of benzene rings is 2. The number of ether oxygens (including phenoxy) is 2. The molecule has 0 saturated carbocycles. The molecule has 2 saturated heterocycles. The summed E-state index contributed by atoms with van der Waals surface area (Å²) in [7, 11) is 0. The second-order valence-corrected chi connectivity index (χ2v) is 7.36. The molecule has 2 atom stereocenters. The van der Waals surface area contributed by atoms with Gasteiger partial charge in [-0.25, -0.2) is 13.6 Å². The number of fused-ring (bicyclic) bond motifs is 2. The number of aliphatic hydroxyl groups is 1. The first kappa shape index (κ1) is 18.8. The summed E-state index contributed by atoms with van der Waals surface area (Å²) >= 11 is 0. The molecule has 4 rings (SSSR count). The Morgan fingerprint density at radius 1 is 1.11 bits per heavy atom. The molecule has 148 valence electrons. The molecule has 0 aromatic heterocycles. The number of rotatable bonds is 3. The molecule has 2 aromatic carbocycles. The number of amides is 1. The Hall–Kier alpha value is -2.51. The number of piperidine rings is 1. The van der Waals surface area contributed by atoms with Crippen LogP contribution in [0.15, 0.2) is 48.5 Å². The lowest BCUT2D eigenvalue weighted by molar-refractivity contribution is -0.137. The molecule has 2 fully saturated rings. The van der Waals surface area contributed by atoms with Gasteiger partial charge in [-0.1, -0.05) is 36.4 Å². The predicted molar refractivity (Wildman–Crippen MR) is 96.3 cm³/mol. The molecular formula is C21H21F2NO4. The van der Waals surface area contributed by atoms with Crippen LogP contribution in [0.1, 0.15) is 24.0 Å². The van der Waals surface area contributed by atoms with Crippen LogP contribution in [0.5, 0.6) is 0 Å². The van der Waals surface area contributed by atoms with E-state index in [4.69, 9.17) is 9.47 Å². The van der Waals surface area contributed by atoms with Crippen LogP contribution in [0, 0.1) is 11.6 Å². The quantitative estimate of drug-likeness (QED) is 0.875. The van der Waals surface area contributed by atoms with Gasteiger partial charge in [-0.2, -0.15) is 0 Å². The Labute approximate surface area is 161 Å². The maximum absolute atomic E-state index is 13.7. The van der Waals surface area contributed by atoms with Gasteiger partial charge in [0.25, 0.3) is 0 Å². The van der Waals surface area contributed by atoms with Crippen LogP contribution in [0.4, 0.5) is 13.6 Å². The highest BCUT2D eigenvalue weighted by Crippen LogP contribution is 2.41. The van der Waals surface area contributed by atoms with Gasteiger partial charge >= 0.3 is 6.09 Å². The third-order valence-electron chi connectivity index (χ3n) is 5.43. The van der Waals surface area contributed by atoms with Crippen LogP contribution < -0.4 is 0 Å². The summed E-state index contributed by atoms with van der Waals surface area (Å²) in [5.41, 5.74) is -0.169. The van der Waals surface area contributed by atoms with E-state index in [1.165, 1.54) is 6.07 Å². The fourth-order valence-electron chi connectivity index (χ4n) is 4.09. The predicted octanol–water partition coefficient (Wildman–Crippen LogP) is 3.35. The van der Waals surface area contributed by atoms with Crippen LogP contribution >= 0.6 is 0 Å². The molecule has 28 heavy (non-hydrogen) atoms. The van der Waals surface area contributed by atoms with Crippen LogP contribution in [-0.4, -0.2) is 41.4 Å². The van der Waals surface area contributed by atoms with Crippen molar-refractivity contribution in [2.45, 2.75) is 37.1 Å². The molecule has 1 N–H and O–H groups in total. The van der Waals surface area contributed by atoms with Gasteiger partial charge < -0.3 is 14.6 Å². The lowest BCUT2D eigenvalue weighted by atomic mass is 9.77. The lowest BCUT2D eigenvalue weighted by Crippen LogP contribution is -2.62. The van der Waals surface area contributed by atoms with E-state index in [1.807, 2.05) is 30.3 Å². The van der Waals surface area contributed by atoms with Crippen molar-refractivity contribution in [3.05, 3.63) is 71.3 Å². The summed E-state index contributed by atoms with van der Waals surface area (Å²) in [6.45, 7) is 0.662. The number of nitrogens with zero attached hydrogens (tertiary/aromatic N) is 1. The third kappa shape index (κ3) is 3.59. The van der Waals surface area contributed by atoms with Gasteiger partial charge in [0.05, 0.1) is 30.9 Å². The summed E-state index contributed by atoms with van der Waals surface area (Å²) < 4.78 is 37.9. The Bertz CT molecular complexity index is 847. The van der Waals surface area contributed by atoms with E-state index < -0.39 is 35.4 Å². The maximum atomic E-state index is 13.7. The van der Waals surface area contributed by atoms with Crippen molar-refractivity contribution in [1.82, 2.24) is 4.90 Å². The summed E-state index contributed by atoms with van der Waals surface area (Å²) in [5.74, 6) is -1.96. The number of carbonyl (C=O) groups excluding carboxylic acids is 1. The van der Waals surface area contributed by atoms with E-state index in [0.717, 1.165) is 17.7 Å². The molecular weight excluding hydrogens is 368 g/mol. The van der Waals surface area contributed by atoms with E-state index in [0.29, 0.717) is 5.56 Å². The molecule has 2 aliphatic rings.